The predicted molar refractivity (Wildman–Crippen MR) is 76.4 cm³/mol. The molecule has 4 nitrogen and oxygen atoms in total. The number of aliphatic hydroxyl groups is 1. The van der Waals surface area contributed by atoms with Crippen molar-refractivity contribution in [2.75, 3.05) is 26.9 Å². The lowest BCUT2D eigenvalue weighted by Gasteiger charge is -2.17. The van der Waals surface area contributed by atoms with Crippen LogP contribution in [0.5, 0.6) is 5.75 Å². The van der Waals surface area contributed by atoms with E-state index in [4.69, 9.17) is 9.47 Å². The fraction of sp³-hybridized carbons (Fsp3) is 0.600. The van der Waals surface area contributed by atoms with Gasteiger partial charge in [0.2, 0.25) is 0 Å². The van der Waals surface area contributed by atoms with Crippen molar-refractivity contribution in [3.63, 3.8) is 0 Å². The molecule has 6 heteroatoms. The summed E-state index contributed by atoms with van der Waals surface area (Å²) in [6, 6.07) is 2.48. The first-order chi connectivity index (χ1) is 9.83. The van der Waals surface area contributed by atoms with Crippen LogP contribution < -0.4 is 10.1 Å². The Balaban J connectivity index is 2.58. The van der Waals surface area contributed by atoms with Gasteiger partial charge in [-0.2, -0.15) is 0 Å². The maximum absolute atomic E-state index is 13.8. The highest BCUT2D eigenvalue weighted by atomic mass is 19.1. The van der Waals surface area contributed by atoms with E-state index >= 15 is 0 Å². The standard InChI is InChI=1S/C15H23F2NO3/c1-15(2,19)4-6-21-14-12(16)8-11(9-13(14)17)10-18-5-7-20-3/h8-9,18-19H,4-7,10H2,1-3H3. The third kappa shape index (κ3) is 6.84. The monoisotopic (exact) mass is 303 g/mol. The average Bonchev–Trinajstić information content (AvgIpc) is 2.37. The van der Waals surface area contributed by atoms with E-state index in [1.165, 1.54) is 12.1 Å². The lowest BCUT2D eigenvalue weighted by molar-refractivity contribution is 0.0540. The minimum atomic E-state index is -0.932. The maximum atomic E-state index is 13.8. The zero-order chi connectivity index (χ0) is 15.9. The van der Waals surface area contributed by atoms with Gasteiger partial charge in [-0.15, -0.1) is 0 Å². The topological polar surface area (TPSA) is 50.7 Å². The molecule has 0 aliphatic rings. The average molecular weight is 303 g/mol. The van der Waals surface area contributed by atoms with Gasteiger partial charge in [0, 0.05) is 26.6 Å². The van der Waals surface area contributed by atoms with Crippen molar-refractivity contribution in [2.24, 2.45) is 0 Å². The van der Waals surface area contributed by atoms with Crippen LogP contribution >= 0.6 is 0 Å². The Morgan fingerprint density at radius 1 is 1.19 bits per heavy atom. The van der Waals surface area contributed by atoms with Crippen molar-refractivity contribution < 1.29 is 23.4 Å². The van der Waals surface area contributed by atoms with E-state index in [0.717, 1.165) is 0 Å². The molecule has 21 heavy (non-hydrogen) atoms. The molecule has 0 radical (unpaired) electrons. The highest BCUT2D eigenvalue weighted by Gasteiger charge is 2.16. The fourth-order valence-corrected chi connectivity index (χ4v) is 1.66. The van der Waals surface area contributed by atoms with Crippen LogP contribution in [0.2, 0.25) is 0 Å². The fourth-order valence-electron chi connectivity index (χ4n) is 1.66. The summed E-state index contributed by atoms with van der Waals surface area (Å²) in [6.45, 7) is 4.74. The molecule has 0 unspecified atom stereocenters. The van der Waals surface area contributed by atoms with Gasteiger partial charge in [0.25, 0.3) is 0 Å². The second kappa shape index (κ2) is 8.26. The number of rotatable bonds is 9. The third-order valence-corrected chi connectivity index (χ3v) is 2.83. The molecule has 0 amide bonds. The van der Waals surface area contributed by atoms with Crippen molar-refractivity contribution in [3.8, 4) is 5.75 Å². The molecule has 0 spiro atoms. The molecular formula is C15H23F2NO3. The molecule has 0 aliphatic carbocycles. The quantitative estimate of drug-likeness (QED) is 0.687. The Hall–Kier alpha value is -1.24. The second-order valence-corrected chi connectivity index (χ2v) is 5.47. The number of nitrogens with one attached hydrogen (secondary N) is 1. The molecule has 0 saturated carbocycles. The molecule has 1 aromatic carbocycles. The molecule has 0 atom stereocenters. The summed E-state index contributed by atoms with van der Waals surface area (Å²) in [4.78, 5) is 0. The highest BCUT2D eigenvalue weighted by molar-refractivity contribution is 5.31. The summed E-state index contributed by atoms with van der Waals surface area (Å²) in [6.07, 6.45) is 0.284. The summed E-state index contributed by atoms with van der Waals surface area (Å²) in [5.74, 6) is -1.89. The van der Waals surface area contributed by atoms with Gasteiger partial charge >= 0.3 is 0 Å². The lowest BCUT2D eigenvalue weighted by atomic mass is 10.1. The van der Waals surface area contributed by atoms with Gasteiger partial charge in [0.1, 0.15) is 0 Å². The largest absolute Gasteiger partial charge is 0.487 e. The number of benzene rings is 1. The van der Waals surface area contributed by atoms with Gasteiger partial charge < -0.3 is 19.9 Å². The van der Waals surface area contributed by atoms with Gasteiger partial charge in [-0.1, -0.05) is 0 Å². The Bertz CT molecular complexity index is 424. The van der Waals surface area contributed by atoms with Gasteiger partial charge in [-0.3, -0.25) is 0 Å². The van der Waals surface area contributed by atoms with Gasteiger partial charge in [-0.25, -0.2) is 8.78 Å². The Morgan fingerprint density at radius 2 is 1.81 bits per heavy atom. The van der Waals surface area contributed by atoms with Crippen molar-refractivity contribution in [1.82, 2.24) is 5.32 Å². The number of hydrogen-bond acceptors (Lipinski definition) is 4. The second-order valence-electron chi connectivity index (χ2n) is 5.47. The zero-order valence-corrected chi connectivity index (χ0v) is 12.7. The minimum Gasteiger partial charge on any atom is -0.487 e. The minimum absolute atomic E-state index is 0.0444. The summed E-state index contributed by atoms with van der Waals surface area (Å²) in [5, 5.41) is 12.5. The van der Waals surface area contributed by atoms with E-state index in [1.807, 2.05) is 0 Å². The van der Waals surface area contributed by atoms with E-state index in [0.29, 0.717) is 25.3 Å². The highest BCUT2D eigenvalue weighted by Crippen LogP contribution is 2.24. The van der Waals surface area contributed by atoms with E-state index in [-0.39, 0.29) is 13.0 Å². The van der Waals surface area contributed by atoms with Crippen LogP contribution in [0.25, 0.3) is 0 Å². The number of halogens is 2. The molecule has 1 rings (SSSR count). The van der Waals surface area contributed by atoms with E-state index in [1.54, 1.807) is 21.0 Å². The van der Waals surface area contributed by atoms with Crippen LogP contribution in [0.4, 0.5) is 8.78 Å². The zero-order valence-electron chi connectivity index (χ0n) is 12.7. The number of ether oxygens (including phenoxy) is 2. The Labute approximate surface area is 124 Å². The lowest BCUT2D eigenvalue weighted by Crippen LogP contribution is -2.22. The van der Waals surface area contributed by atoms with E-state index < -0.39 is 23.0 Å². The van der Waals surface area contributed by atoms with E-state index in [9.17, 15) is 13.9 Å². The molecule has 2 N–H and O–H groups in total. The first kappa shape index (κ1) is 17.8. The molecular weight excluding hydrogens is 280 g/mol. The van der Waals surface area contributed by atoms with Crippen molar-refractivity contribution >= 4 is 0 Å². The molecule has 120 valence electrons. The van der Waals surface area contributed by atoms with Gasteiger partial charge in [-0.05, 0) is 31.5 Å². The summed E-state index contributed by atoms with van der Waals surface area (Å²) in [5.41, 5.74) is -0.436. The predicted octanol–water partition coefficient (Wildman–Crippen LogP) is 2.24. The molecule has 0 bridgehead atoms. The Kier molecular flexibility index (Phi) is 7.01. The summed E-state index contributed by atoms with van der Waals surface area (Å²) in [7, 11) is 1.58. The van der Waals surface area contributed by atoms with Crippen LogP contribution in [-0.4, -0.2) is 37.6 Å². The molecule has 0 aliphatic heterocycles. The SMILES string of the molecule is COCCNCc1cc(F)c(OCCC(C)(C)O)c(F)c1. The smallest absolute Gasteiger partial charge is 0.190 e. The molecule has 0 aromatic heterocycles. The first-order valence-corrected chi connectivity index (χ1v) is 6.86. The van der Waals surface area contributed by atoms with Gasteiger partial charge in [0.05, 0.1) is 18.8 Å². The van der Waals surface area contributed by atoms with Crippen molar-refractivity contribution in [2.45, 2.75) is 32.4 Å². The van der Waals surface area contributed by atoms with Crippen LogP contribution in [-0.2, 0) is 11.3 Å². The van der Waals surface area contributed by atoms with Gasteiger partial charge in [0.15, 0.2) is 17.4 Å². The van der Waals surface area contributed by atoms with Crippen molar-refractivity contribution in [3.05, 3.63) is 29.3 Å². The third-order valence-electron chi connectivity index (χ3n) is 2.83. The van der Waals surface area contributed by atoms with Crippen LogP contribution in [0.15, 0.2) is 12.1 Å². The molecule has 0 fully saturated rings. The molecule has 0 heterocycles. The summed E-state index contributed by atoms with van der Waals surface area (Å²) >= 11 is 0. The number of hydrogen-bond donors (Lipinski definition) is 2. The van der Waals surface area contributed by atoms with Crippen LogP contribution in [0.3, 0.4) is 0 Å². The molecule has 1 aromatic rings. The maximum Gasteiger partial charge on any atom is 0.190 e. The summed E-state index contributed by atoms with van der Waals surface area (Å²) < 4.78 is 37.6. The van der Waals surface area contributed by atoms with E-state index in [2.05, 4.69) is 5.32 Å². The Morgan fingerprint density at radius 3 is 2.33 bits per heavy atom. The molecule has 0 saturated heterocycles. The van der Waals surface area contributed by atoms with Crippen LogP contribution in [0.1, 0.15) is 25.8 Å². The normalized spacial score (nSPS) is 11.7. The van der Waals surface area contributed by atoms with Crippen LogP contribution in [0, 0.1) is 11.6 Å². The number of methoxy groups -OCH3 is 1. The first-order valence-electron chi connectivity index (χ1n) is 6.86. The van der Waals surface area contributed by atoms with Crippen molar-refractivity contribution in [1.29, 1.82) is 0 Å².